The minimum atomic E-state index is -1.17. The SMILES string of the molecule is CCS[C@@H]1CCC[C@H]1NC(=O)c1c(F)cc(F)cc1F. The number of thioether (sulfide) groups is 1. The lowest BCUT2D eigenvalue weighted by atomic mass is 10.1. The van der Waals surface area contributed by atoms with E-state index in [0.29, 0.717) is 12.1 Å². The third-order valence-electron chi connectivity index (χ3n) is 3.38. The van der Waals surface area contributed by atoms with Gasteiger partial charge in [-0.15, -0.1) is 0 Å². The summed E-state index contributed by atoms with van der Waals surface area (Å²) < 4.78 is 39.9. The molecular weight excluding hydrogens is 287 g/mol. The predicted molar refractivity (Wildman–Crippen MR) is 73.3 cm³/mol. The molecule has 1 N–H and O–H groups in total. The molecule has 0 spiro atoms. The molecule has 2 rings (SSSR count). The van der Waals surface area contributed by atoms with Crippen LogP contribution in [0, 0.1) is 17.5 Å². The molecule has 0 bridgehead atoms. The Bertz CT molecular complexity index is 486. The van der Waals surface area contributed by atoms with Crippen LogP contribution in [0.5, 0.6) is 0 Å². The summed E-state index contributed by atoms with van der Waals surface area (Å²) in [6.07, 6.45) is 2.77. The number of hydrogen-bond acceptors (Lipinski definition) is 2. The molecule has 0 radical (unpaired) electrons. The molecule has 110 valence electrons. The standard InChI is InChI=1S/C14H16F3NOS/c1-2-20-12-5-3-4-11(12)18-14(19)13-9(16)6-8(15)7-10(13)17/h6-7,11-12H,2-5H2,1H3,(H,18,19)/t11-,12-/m1/s1. The molecule has 1 aliphatic rings. The Labute approximate surface area is 120 Å². The average molecular weight is 303 g/mol. The number of hydrogen-bond donors (Lipinski definition) is 1. The zero-order chi connectivity index (χ0) is 14.7. The van der Waals surface area contributed by atoms with Crippen molar-refractivity contribution < 1.29 is 18.0 Å². The lowest BCUT2D eigenvalue weighted by molar-refractivity contribution is 0.0930. The largest absolute Gasteiger partial charge is 0.348 e. The van der Waals surface area contributed by atoms with E-state index in [1.54, 1.807) is 11.8 Å². The van der Waals surface area contributed by atoms with Gasteiger partial charge >= 0.3 is 0 Å². The Kier molecular flexibility index (Phi) is 4.96. The van der Waals surface area contributed by atoms with Gasteiger partial charge in [-0.05, 0) is 18.6 Å². The Hall–Kier alpha value is -1.17. The summed E-state index contributed by atoms with van der Waals surface area (Å²) in [6, 6.07) is 0.951. The Balaban J connectivity index is 2.12. The molecule has 20 heavy (non-hydrogen) atoms. The molecule has 1 aromatic carbocycles. The number of carbonyl (C=O) groups excluding carboxylic acids is 1. The van der Waals surface area contributed by atoms with E-state index in [2.05, 4.69) is 5.32 Å². The van der Waals surface area contributed by atoms with Gasteiger partial charge in [0.1, 0.15) is 23.0 Å². The first-order valence-corrected chi connectivity index (χ1v) is 7.64. The molecule has 6 heteroatoms. The van der Waals surface area contributed by atoms with Crippen molar-refractivity contribution in [2.45, 2.75) is 37.5 Å². The maximum absolute atomic E-state index is 13.5. The van der Waals surface area contributed by atoms with Crippen LogP contribution in [0.3, 0.4) is 0 Å². The Morgan fingerprint density at radius 1 is 1.30 bits per heavy atom. The van der Waals surface area contributed by atoms with Crippen LogP contribution < -0.4 is 5.32 Å². The number of halogens is 3. The minimum Gasteiger partial charge on any atom is -0.348 e. The van der Waals surface area contributed by atoms with E-state index < -0.39 is 28.9 Å². The van der Waals surface area contributed by atoms with Gasteiger partial charge in [0.2, 0.25) is 0 Å². The molecule has 1 fully saturated rings. The van der Waals surface area contributed by atoms with Crippen LogP contribution in [0.2, 0.25) is 0 Å². The van der Waals surface area contributed by atoms with Crippen LogP contribution in [0.15, 0.2) is 12.1 Å². The van der Waals surface area contributed by atoms with Crippen LogP contribution in [0.4, 0.5) is 13.2 Å². The third-order valence-corrected chi connectivity index (χ3v) is 4.71. The fourth-order valence-corrected chi connectivity index (χ4v) is 3.70. The lowest BCUT2D eigenvalue weighted by Crippen LogP contribution is -2.39. The van der Waals surface area contributed by atoms with Crippen LogP contribution in [-0.4, -0.2) is 23.0 Å². The van der Waals surface area contributed by atoms with Gasteiger partial charge in [0.05, 0.1) is 0 Å². The second-order valence-electron chi connectivity index (χ2n) is 4.75. The van der Waals surface area contributed by atoms with E-state index in [4.69, 9.17) is 0 Å². The van der Waals surface area contributed by atoms with Crippen LogP contribution >= 0.6 is 11.8 Å². The van der Waals surface area contributed by atoms with Gasteiger partial charge in [-0.3, -0.25) is 4.79 Å². The molecule has 0 unspecified atom stereocenters. The molecular formula is C14H16F3NOS. The van der Waals surface area contributed by atoms with Gasteiger partial charge in [0, 0.05) is 23.4 Å². The highest BCUT2D eigenvalue weighted by Crippen LogP contribution is 2.30. The number of carbonyl (C=O) groups is 1. The molecule has 2 nitrogen and oxygen atoms in total. The number of amides is 1. The molecule has 0 heterocycles. The average Bonchev–Trinajstić information content (AvgIpc) is 2.75. The van der Waals surface area contributed by atoms with Crippen molar-refractivity contribution in [3.05, 3.63) is 35.1 Å². The quantitative estimate of drug-likeness (QED) is 0.922. The highest BCUT2D eigenvalue weighted by Gasteiger charge is 2.30. The van der Waals surface area contributed by atoms with E-state index in [1.807, 2.05) is 6.92 Å². The van der Waals surface area contributed by atoms with Crippen molar-refractivity contribution in [2.75, 3.05) is 5.75 Å². The number of rotatable bonds is 4. The highest BCUT2D eigenvalue weighted by atomic mass is 32.2. The summed E-state index contributed by atoms with van der Waals surface area (Å²) in [4.78, 5) is 12.0. The number of nitrogens with one attached hydrogen (secondary N) is 1. The van der Waals surface area contributed by atoms with Crippen molar-refractivity contribution in [3.8, 4) is 0 Å². The second kappa shape index (κ2) is 6.52. The van der Waals surface area contributed by atoms with Crippen LogP contribution in [0.25, 0.3) is 0 Å². The molecule has 1 saturated carbocycles. The number of benzene rings is 1. The fraction of sp³-hybridized carbons (Fsp3) is 0.500. The molecule has 0 aromatic heterocycles. The van der Waals surface area contributed by atoms with E-state index in [1.165, 1.54) is 0 Å². The van der Waals surface area contributed by atoms with Gasteiger partial charge < -0.3 is 5.32 Å². The summed E-state index contributed by atoms with van der Waals surface area (Å²) >= 11 is 1.73. The summed E-state index contributed by atoms with van der Waals surface area (Å²) in [5.41, 5.74) is -0.710. The van der Waals surface area contributed by atoms with Crippen molar-refractivity contribution in [1.82, 2.24) is 5.32 Å². The van der Waals surface area contributed by atoms with Gasteiger partial charge in [0.25, 0.3) is 5.91 Å². The Morgan fingerprint density at radius 3 is 2.55 bits per heavy atom. The lowest BCUT2D eigenvalue weighted by Gasteiger charge is -2.20. The maximum atomic E-state index is 13.5. The van der Waals surface area contributed by atoms with Crippen LogP contribution in [-0.2, 0) is 0 Å². The fourth-order valence-electron chi connectivity index (χ4n) is 2.50. The predicted octanol–water partition coefficient (Wildman–Crippen LogP) is 3.51. The van der Waals surface area contributed by atoms with E-state index in [9.17, 15) is 18.0 Å². The van der Waals surface area contributed by atoms with Gasteiger partial charge in [-0.1, -0.05) is 13.3 Å². The minimum absolute atomic E-state index is 0.0868. The van der Waals surface area contributed by atoms with Gasteiger partial charge in [0.15, 0.2) is 0 Å². The van der Waals surface area contributed by atoms with Crippen LogP contribution in [0.1, 0.15) is 36.5 Å². The summed E-state index contributed by atoms with van der Waals surface area (Å²) in [7, 11) is 0. The first-order valence-electron chi connectivity index (χ1n) is 6.60. The molecule has 2 atom stereocenters. The topological polar surface area (TPSA) is 29.1 Å². The third kappa shape index (κ3) is 3.29. The Morgan fingerprint density at radius 2 is 1.95 bits per heavy atom. The maximum Gasteiger partial charge on any atom is 0.257 e. The molecule has 1 amide bonds. The van der Waals surface area contributed by atoms with Crippen molar-refractivity contribution >= 4 is 17.7 Å². The molecule has 0 aliphatic heterocycles. The molecule has 0 saturated heterocycles. The monoisotopic (exact) mass is 303 g/mol. The smallest absolute Gasteiger partial charge is 0.257 e. The van der Waals surface area contributed by atoms with Crippen molar-refractivity contribution in [2.24, 2.45) is 0 Å². The first kappa shape index (κ1) is 15.2. The van der Waals surface area contributed by atoms with Crippen molar-refractivity contribution in [1.29, 1.82) is 0 Å². The molecule has 1 aromatic rings. The summed E-state index contributed by atoms with van der Waals surface area (Å²) in [5.74, 6) is -3.25. The van der Waals surface area contributed by atoms with Gasteiger partial charge in [-0.25, -0.2) is 13.2 Å². The van der Waals surface area contributed by atoms with Crippen molar-refractivity contribution in [3.63, 3.8) is 0 Å². The molecule has 1 aliphatic carbocycles. The van der Waals surface area contributed by atoms with E-state index >= 15 is 0 Å². The highest BCUT2D eigenvalue weighted by molar-refractivity contribution is 7.99. The van der Waals surface area contributed by atoms with E-state index in [0.717, 1.165) is 25.0 Å². The summed E-state index contributed by atoms with van der Waals surface area (Å²) in [5, 5.41) is 2.94. The normalized spacial score (nSPS) is 22.0. The zero-order valence-corrected chi connectivity index (χ0v) is 11.9. The zero-order valence-electron chi connectivity index (χ0n) is 11.1. The second-order valence-corrected chi connectivity index (χ2v) is 6.27. The van der Waals surface area contributed by atoms with E-state index in [-0.39, 0.29) is 11.3 Å². The van der Waals surface area contributed by atoms with Gasteiger partial charge in [-0.2, -0.15) is 11.8 Å². The summed E-state index contributed by atoms with van der Waals surface area (Å²) in [6.45, 7) is 2.03. The first-order chi connectivity index (χ1) is 9.52.